The minimum atomic E-state index is -0.116. The minimum absolute atomic E-state index is 0.116. The van der Waals surface area contributed by atoms with Crippen LogP contribution in [0.15, 0.2) is 30.5 Å². The molecular formula is C19H26N2O2. The zero-order chi connectivity index (χ0) is 16.8. The number of aromatic nitrogens is 2. The number of ether oxygens (including phenoxy) is 1. The van der Waals surface area contributed by atoms with Gasteiger partial charge in [-0.3, -0.25) is 4.79 Å². The molecule has 4 heteroatoms. The lowest BCUT2D eigenvalue weighted by atomic mass is 9.97. The molecule has 0 saturated carbocycles. The van der Waals surface area contributed by atoms with Crippen LogP contribution in [0.25, 0.3) is 5.69 Å². The van der Waals surface area contributed by atoms with Crippen molar-refractivity contribution in [2.75, 3.05) is 6.61 Å². The zero-order valence-electron chi connectivity index (χ0n) is 14.5. The summed E-state index contributed by atoms with van der Waals surface area (Å²) in [6, 6.07) is 8.53. The van der Waals surface area contributed by atoms with Crippen LogP contribution in [0.5, 0.6) is 0 Å². The molecule has 0 aliphatic rings. The quantitative estimate of drug-likeness (QED) is 0.720. The summed E-state index contributed by atoms with van der Waals surface area (Å²) in [5.74, 6) is 0.317. The maximum absolute atomic E-state index is 11.4. The molecule has 0 atom stereocenters. The molecule has 1 heterocycles. The van der Waals surface area contributed by atoms with Gasteiger partial charge in [-0.2, -0.15) is 5.10 Å². The van der Waals surface area contributed by atoms with Gasteiger partial charge in [0.25, 0.3) is 0 Å². The molecule has 0 aliphatic heterocycles. The van der Waals surface area contributed by atoms with Crippen molar-refractivity contribution in [3.05, 3.63) is 47.3 Å². The Morgan fingerprint density at radius 2 is 2.09 bits per heavy atom. The Kier molecular flexibility index (Phi) is 5.97. The monoisotopic (exact) mass is 314 g/mol. The third-order valence-corrected chi connectivity index (χ3v) is 3.84. The molecule has 0 radical (unpaired) electrons. The van der Waals surface area contributed by atoms with E-state index in [0.717, 1.165) is 24.2 Å². The van der Waals surface area contributed by atoms with E-state index in [0.29, 0.717) is 18.9 Å². The van der Waals surface area contributed by atoms with E-state index >= 15 is 0 Å². The van der Waals surface area contributed by atoms with Crippen molar-refractivity contribution in [2.45, 2.75) is 52.9 Å². The van der Waals surface area contributed by atoms with Crippen molar-refractivity contribution in [3.8, 4) is 5.69 Å². The number of aryl methyl sites for hydroxylation is 2. The van der Waals surface area contributed by atoms with Gasteiger partial charge in [0.2, 0.25) is 0 Å². The molecule has 0 bridgehead atoms. The molecule has 0 saturated heterocycles. The Hall–Kier alpha value is -2.10. The van der Waals surface area contributed by atoms with Crippen LogP contribution < -0.4 is 0 Å². The van der Waals surface area contributed by atoms with E-state index in [1.165, 1.54) is 11.1 Å². The molecule has 124 valence electrons. The van der Waals surface area contributed by atoms with Crippen LogP contribution in [0.3, 0.4) is 0 Å². The molecule has 0 N–H and O–H groups in total. The molecule has 1 aromatic heterocycles. The molecule has 2 aromatic rings. The molecule has 4 nitrogen and oxygen atoms in total. The van der Waals surface area contributed by atoms with Crippen molar-refractivity contribution in [1.82, 2.24) is 9.78 Å². The second-order valence-electron chi connectivity index (χ2n) is 6.11. The Labute approximate surface area is 138 Å². The largest absolute Gasteiger partial charge is 0.466 e. The van der Waals surface area contributed by atoms with Crippen molar-refractivity contribution >= 4 is 5.97 Å². The van der Waals surface area contributed by atoms with Crippen molar-refractivity contribution < 1.29 is 9.53 Å². The molecule has 0 spiro atoms. The molecule has 23 heavy (non-hydrogen) atoms. The highest BCUT2D eigenvalue weighted by Gasteiger charge is 2.11. The van der Waals surface area contributed by atoms with Gasteiger partial charge in [0.15, 0.2) is 0 Å². The predicted octanol–water partition coefficient (Wildman–Crippen LogP) is 4.19. The summed E-state index contributed by atoms with van der Waals surface area (Å²) in [5.41, 5.74) is 4.64. The highest BCUT2D eigenvalue weighted by Crippen LogP contribution is 2.25. The number of rotatable bonds is 7. The van der Waals surface area contributed by atoms with E-state index in [1.54, 1.807) is 0 Å². The Balaban J connectivity index is 2.15. The van der Waals surface area contributed by atoms with E-state index in [1.807, 2.05) is 30.8 Å². The van der Waals surface area contributed by atoms with Gasteiger partial charge < -0.3 is 4.74 Å². The number of carbonyl (C=O) groups is 1. The Morgan fingerprint density at radius 1 is 1.30 bits per heavy atom. The number of carbonyl (C=O) groups excluding carboxylic acids is 1. The van der Waals surface area contributed by atoms with Crippen LogP contribution in [0.2, 0.25) is 0 Å². The highest BCUT2D eigenvalue weighted by molar-refractivity contribution is 5.69. The third kappa shape index (κ3) is 4.68. The van der Waals surface area contributed by atoms with Crippen molar-refractivity contribution in [2.24, 2.45) is 0 Å². The normalized spacial score (nSPS) is 11.0. The molecule has 0 amide bonds. The summed E-state index contributed by atoms with van der Waals surface area (Å²) in [4.78, 5) is 11.4. The summed E-state index contributed by atoms with van der Waals surface area (Å²) < 4.78 is 6.92. The molecular weight excluding hydrogens is 288 g/mol. The lowest BCUT2D eigenvalue weighted by Gasteiger charge is -2.15. The number of esters is 1. The standard InChI is InChI=1S/C19H26N2O2/c1-5-23-19(22)8-6-7-16-9-10-17(14(2)3)18(13-16)21-12-11-15(4)20-21/h9-14H,5-8H2,1-4H3. The molecule has 1 aromatic carbocycles. The van der Waals surface area contributed by atoms with E-state index < -0.39 is 0 Å². The van der Waals surface area contributed by atoms with Gasteiger partial charge in [-0.15, -0.1) is 0 Å². The lowest BCUT2D eigenvalue weighted by Crippen LogP contribution is -2.05. The first-order valence-corrected chi connectivity index (χ1v) is 8.32. The van der Waals surface area contributed by atoms with Gasteiger partial charge in [0.1, 0.15) is 0 Å². The summed E-state index contributed by atoms with van der Waals surface area (Å²) in [7, 11) is 0. The second-order valence-corrected chi connectivity index (χ2v) is 6.11. The number of nitrogens with zero attached hydrogens (tertiary/aromatic N) is 2. The van der Waals surface area contributed by atoms with E-state index in [9.17, 15) is 4.79 Å². The first-order valence-electron chi connectivity index (χ1n) is 8.32. The fraction of sp³-hybridized carbons (Fsp3) is 0.474. The fourth-order valence-electron chi connectivity index (χ4n) is 2.65. The summed E-state index contributed by atoms with van der Waals surface area (Å²) in [5, 5.41) is 4.54. The first kappa shape index (κ1) is 17.3. The number of hydrogen-bond donors (Lipinski definition) is 0. The van der Waals surface area contributed by atoms with Crippen LogP contribution in [0.1, 0.15) is 56.4 Å². The van der Waals surface area contributed by atoms with Crippen LogP contribution >= 0.6 is 0 Å². The van der Waals surface area contributed by atoms with Crippen molar-refractivity contribution in [1.29, 1.82) is 0 Å². The van der Waals surface area contributed by atoms with Crippen molar-refractivity contribution in [3.63, 3.8) is 0 Å². The van der Waals surface area contributed by atoms with E-state index in [-0.39, 0.29) is 5.97 Å². The number of benzene rings is 1. The maximum atomic E-state index is 11.4. The zero-order valence-corrected chi connectivity index (χ0v) is 14.5. The van der Waals surface area contributed by atoms with Crippen LogP contribution in [-0.4, -0.2) is 22.4 Å². The molecule has 2 rings (SSSR count). The van der Waals surface area contributed by atoms with Gasteiger partial charge in [-0.05, 0) is 55.9 Å². The maximum Gasteiger partial charge on any atom is 0.305 e. The molecule has 0 unspecified atom stereocenters. The Bertz CT molecular complexity index is 659. The van der Waals surface area contributed by atoms with Gasteiger partial charge in [0.05, 0.1) is 18.0 Å². The van der Waals surface area contributed by atoms with Gasteiger partial charge in [-0.1, -0.05) is 26.0 Å². The van der Waals surface area contributed by atoms with Gasteiger partial charge in [-0.25, -0.2) is 4.68 Å². The minimum Gasteiger partial charge on any atom is -0.466 e. The van der Waals surface area contributed by atoms with Gasteiger partial charge >= 0.3 is 5.97 Å². The van der Waals surface area contributed by atoms with E-state index in [4.69, 9.17) is 4.74 Å². The van der Waals surface area contributed by atoms with Crippen LogP contribution in [0.4, 0.5) is 0 Å². The van der Waals surface area contributed by atoms with Crippen LogP contribution in [0, 0.1) is 6.92 Å². The first-order chi connectivity index (χ1) is 11.0. The van der Waals surface area contributed by atoms with Gasteiger partial charge in [0, 0.05) is 12.6 Å². The summed E-state index contributed by atoms with van der Waals surface area (Å²) in [6.45, 7) is 8.66. The third-order valence-electron chi connectivity index (χ3n) is 3.84. The SMILES string of the molecule is CCOC(=O)CCCc1ccc(C(C)C)c(-n2ccc(C)n2)c1. The Morgan fingerprint density at radius 3 is 2.70 bits per heavy atom. The number of hydrogen-bond acceptors (Lipinski definition) is 3. The second kappa shape index (κ2) is 7.95. The smallest absolute Gasteiger partial charge is 0.305 e. The molecule has 0 fully saturated rings. The highest BCUT2D eigenvalue weighted by atomic mass is 16.5. The average Bonchev–Trinajstić information content (AvgIpc) is 2.93. The lowest BCUT2D eigenvalue weighted by molar-refractivity contribution is -0.143. The summed E-state index contributed by atoms with van der Waals surface area (Å²) >= 11 is 0. The summed E-state index contributed by atoms with van der Waals surface area (Å²) in [6.07, 6.45) is 4.14. The average molecular weight is 314 g/mol. The molecule has 0 aliphatic carbocycles. The predicted molar refractivity (Wildman–Crippen MR) is 92.0 cm³/mol. The topological polar surface area (TPSA) is 44.1 Å². The fourth-order valence-corrected chi connectivity index (χ4v) is 2.65. The van der Waals surface area contributed by atoms with E-state index in [2.05, 4.69) is 37.1 Å². The van der Waals surface area contributed by atoms with Crippen LogP contribution in [-0.2, 0) is 16.0 Å².